The molecule has 1 aromatic rings. The molecule has 0 fully saturated rings. The molecule has 1 heterocycles. The molecule has 0 saturated heterocycles. The lowest BCUT2D eigenvalue weighted by Crippen LogP contribution is -2.40. The van der Waals surface area contributed by atoms with Crippen LogP contribution in [0, 0.1) is 0 Å². The van der Waals surface area contributed by atoms with Crippen LogP contribution in [0.4, 0.5) is 0 Å². The minimum Gasteiger partial charge on any atom is -0.465 e. The van der Waals surface area contributed by atoms with Crippen molar-refractivity contribution in [3.05, 3.63) is 30.2 Å². The number of hydrogen-bond acceptors (Lipinski definition) is 4. The van der Waals surface area contributed by atoms with Crippen molar-refractivity contribution in [1.29, 1.82) is 0 Å². The van der Waals surface area contributed by atoms with Gasteiger partial charge in [0.05, 0.1) is 12.9 Å². The van der Waals surface area contributed by atoms with Crippen LogP contribution < -0.4 is 5.32 Å². The van der Waals surface area contributed by atoms with E-state index in [-0.39, 0.29) is 23.8 Å². The summed E-state index contributed by atoms with van der Waals surface area (Å²) in [6.45, 7) is 1.92. The van der Waals surface area contributed by atoms with Crippen LogP contribution in [0.1, 0.15) is 12.7 Å². The third kappa shape index (κ3) is 4.66. The molecule has 2 unspecified atom stereocenters. The fourth-order valence-corrected chi connectivity index (χ4v) is 1.97. The van der Waals surface area contributed by atoms with Gasteiger partial charge >= 0.3 is 0 Å². The maximum absolute atomic E-state index is 11.6. The molecule has 0 radical (unpaired) electrons. The first kappa shape index (κ1) is 13.9. The summed E-state index contributed by atoms with van der Waals surface area (Å²) in [5, 5.41) is 11.9. The van der Waals surface area contributed by atoms with Gasteiger partial charge < -0.3 is 14.8 Å². The third-order valence-corrected chi connectivity index (χ3v) is 3.52. The molecule has 0 aliphatic rings. The minimum absolute atomic E-state index is 0.0102. The SMILES string of the molecule is CSC(CO)C(C)NC(=O)/C=C/c1ccco1. The van der Waals surface area contributed by atoms with E-state index in [9.17, 15) is 4.79 Å². The molecule has 0 aromatic carbocycles. The van der Waals surface area contributed by atoms with Gasteiger partial charge in [0.1, 0.15) is 5.76 Å². The molecule has 0 spiro atoms. The Morgan fingerprint density at radius 1 is 1.71 bits per heavy atom. The zero-order valence-electron chi connectivity index (χ0n) is 9.92. The first-order chi connectivity index (χ1) is 8.17. The number of rotatable bonds is 6. The Hall–Kier alpha value is -1.20. The molecule has 4 nitrogen and oxygen atoms in total. The standard InChI is InChI=1S/C12H17NO3S/c1-9(11(8-14)17-2)13-12(15)6-5-10-4-3-7-16-10/h3-7,9,11,14H,8H2,1-2H3,(H,13,15)/b6-5+. The Balaban J connectivity index is 2.44. The van der Waals surface area contributed by atoms with Crippen LogP contribution in [-0.4, -0.2) is 35.2 Å². The predicted octanol–water partition coefficient (Wildman–Crippen LogP) is 1.52. The number of furan rings is 1. The normalized spacial score (nSPS) is 14.8. The van der Waals surface area contributed by atoms with Crippen molar-refractivity contribution < 1.29 is 14.3 Å². The highest BCUT2D eigenvalue weighted by Gasteiger charge is 2.15. The van der Waals surface area contributed by atoms with Gasteiger partial charge in [0.25, 0.3) is 0 Å². The zero-order chi connectivity index (χ0) is 12.7. The van der Waals surface area contributed by atoms with Gasteiger partial charge in [0.2, 0.25) is 5.91 Å². The quantitative estimate of drug-likeness (QED) is 0.757. The highest BCUT2D eigenvalue weighted by atomic mass is 32.2. The monoisotopic (exact) mass is 255 g/mol. The van der Waals surface area contributed by atoms with Gasteiger partial charge in [0, 0.05) is 17.4 Å². The van der Waals surface area contributed by atoms with Crippen LogP contribution in [0.25, 0.3) is 6.08 Å². The van der Waals surface area contributed by atoms with Crippen LogP contribution in [0.3, 0.4) is 0 Å². The lowest BCUT2D eigenvalue weighted by atomic mass is 10.2. The van der Waals surface area contributed by atoms with E-state index in [0.717, 1.165) is 0 Å². The fraction of sp³-hybridized carbons (Fsp3) is 0.417. The van der Waals surface area contributed by atoms with Crippen molar-refractivity contribution in [2.75, 3.05) is 12.9 Å². The number of aliphatic hydroxyl groups is 1. The van der Waals surface area contributed by atoms with Crippen molar-refractivity contribution in [1.82, 2.24) is 5.32 Å². The molecule has 1 amide bonds. The van der Waals surface area contributed by atoms with Gasteiger partial charge in [-0.25, -0.2) is 0 Å². The lowest BCUT2D eigenvalue weighted by Gasteiger charge is -2.20. The summed E-state index contributed by atoms with van der Waals surface area (Å²) in [4.78, 5) is 11.6. The number of carbonyl (C=O) groups is 1. The second-order valence-electron chi connectivity index (χ2n) is 3.60. The van der Waals surface area contributed by atoms with Crippen molar-refractivity contribution >= 4 is 23.7 Å². The van der Waals surface area contributed by atoms with Crippen molar-refractivity contribution in [3.8, 4) is 0 Å². The smallest absolute Gasteiger partial charge is 0.244 e. The fourth-order valence-electron chi connectivity index (χ4n) is 1.35. The molecule has 1 aromatic heterocycles. The predicted molar refractivity (Wildman–Crippen MR) is 69.7 cm³/mol. The number of nitrogens with one attached hydrogen (secondary N) is 1. The summed E-state index contributed by atoms with van der Waals surface area (Å²) in [5.74, 6) is 0.442. The molecule has 0 bridgehead atoms. The zero-order valence-corrected chi connectivity index (χ0v) is 10.7. The Morgan fingerprint density at radius 3 is 3.00 bits per heavy atom. The maximum atomic E-state index is 11.6. The number of thioether (sulfide) groups is 1. The molecule has 0 saturated carbocycles. The third-order valence-electron chi connectivity index (χ3n) is 2.35. The van der Waals surface area contributed by atoms with Gasteiger partial charge in [-0.05, 0) is 31.4 Å². The average Bonchev–Trinajstić information content (AvgIpc) is 2.81. The molecule has 0 aliphatic carbocycles. The molecule has 2 N–H and O–H groups in total. The summed E-state index contributed by atoms with van der Waals surface area (Å²) >= 11 is 1.53. The summed E-state index contributed by atoms with van der Waals surface area (Å²) in [5.41, 5.74) is 0. The largest absolute Gasteiger partial charge is 0.465 e. The number of amides is 1. The number of carbonyl (C=O) groups excluding carboxylic acids is 1. The summed E-state index contributed by atoms with van der Waals surface area (Å²) in [7, 11) is 0. The molecular weight excluding hydrogens is 238 g/mol. The Kier molecular flexibility index (Phi) is 5.86. The van der Waals surface area contributed by atoms with E-state index in [0.29, 0.717) is 5.76 Å². The summed E-state index contributed by atoms with van der Waals surface area (Å²) in [6.07, 6.45) is 6.48. The summed E-state index contributed by atoms with van der Waals surface area (Å²) < 4.78 is 5.07. The minimum atomic E-state index is -0.193. The molecule has 1 rings (SSSR count). The van der Waals surface area contributed by atoms with E-state index >= 15 is 0 Å². The summed E-state index contributed by atoms with van der Waals surface area (Å²) in [6, 6.07) is 3.45. The van der Waals surface area contributed by atoms with Crippen molar-refractivity contribution in [3.63, 3.8) is 0 Å². The van der Waals surface area contributed by atoms with Gasteiger partial charge in [0.15, 0.2) is 0 Å². The Labute approximate surface area is 105 Å². The molecule has 94 valence electrons. The van der Waals surface area contributed by atoms with Crippen LogP contribution in [0.5, 0.6) is 0 Å². The second kappa shape index (κ2) is 7.19. The lowest BCUT2D eigenvalue weighted by molar-refractivity contribution is -0.117. The molecule has 17 heavy (non-hydrogen) atoms. The van der Waals surface area contributed by atoms with Crippen molar-refractivity contribution in [2.24, 2.45) is 0 Å². The highest BCUT2D eigenvalue weighted by molar-refractivity contribution is 7.99. The van der Waals surface area contributed by atoms with Gasteiger partial charge in [-0.2, -0.15) is 11.8 Å². The second-order valence-corrected chi connectivity index (χ2v) is 4.68. The molecular formula is C12H17NO3S. The molecule has 2 atom stereocenters. The van der Waals surface area contributed by atoms with E-state index in [1.54, 1.807) is 24.5 Å². The van der Waals surface area contributed by atoms with Crippen LogP contribution in [-0.2, 0) is 4.79 Å². The maximum Gasteiger partial charge on any atom is 0.244 e. The average molecular weight is 255 g/mol. The van der Waals surface area contributed by atoms with Gasteiger partial charge in [-0.1, -0.05) is 0 Å². The van der Waals surface area contributed by atoms with Gasteiger partial charge in [-0.3, -0.25) is 4.79 Å². The first-order valence-electron chi connectivity index (χ1n) is 5.33. The van der Waals surface area contributed by atoms with E-state index < -0.39 is 0 Å². The first-order valence-corrected chi connectivity index (χ1v) is 6.62. The topological polar surface area (TPSA) is 62.5 Å². The van der Waals surface area contributed by atoms with Crippen LogP contribution >= 0.6 is 11.8 Å². The molecule has 5 heteroatoms. The highest BCUT2D eigenvalue weighted by Crippen LogP contribution is 2.10. The van der Waals surface area contributed by atoms with Crippen LogP contribution in [0.2, 0.25) is 0 Å². The van der Waals surface area contributed by atoms with E-state index in [4.69, 9.17) is 9.52 Å². The Bertz CT molecular complexity index is 358. The van der Waals surface area contributed by atoms with Gasteiger partial charge in [-0.15, -0.1) is 0 Å². The Morgan fingerprint density at radius 2 is 2.47 bits per heavy atom. The van der Waals surface area contributed by atoms with Crippen LogP contribution in [0.15, 0.2) is 28.9 Å². The van der Waals surface area contributed by atoms with E-state index in [1.807, 2.05) is 13.2 Å². The van der Waals surface area contributed by atoms with E-state index in [2.05, 4.69) is 5.32 Å². The van der Waals surface area contributed by atoms with E-state index in [1.165, 1.54) is 17.8 Å². The molecule has 0 aliphatic heterocycles. The van der Waals surface area contributed by atoms with Crippen molar-refractivity contribution in [2.45, 2.75) is 18.2 Å². The number of aliphatic hydroxyl groups excluding tert-OH is 1. The number of hydrogen-bond donors (Lipinski definition) is 2.